The Morgan fingerprint density at radius 3 is 2.78 bits per heavy atom. The van der Waals surface area contributed by atoms with Crippen molar-refractivity contribution in [3.8, 4) is 0 Å². The summed E-state index contributed by atoms with van der Waals surface area (Å²) in [6, 6.07) is 14.5. The van der Waals surface area contributed by atoms with E-state index in [-0.39, 0.29) is 5.92 Å². The highest BCUT2D eigenvalue weighted by molar-refractivity contribution is 7.09. The summed E-state index contributed by atoms with van der Waals surface area (Å²) in [6.45, 7) is 2.86. The Morgan fingerprint density at radius 1 is 1.22 bits per heavy atom. The zero-order valence-electron chi connectivity index (χ0n) is 13.2. The van der Waals surface area contributed by atoms with Crippen LogP contribution in [0.4, 0.5) is 0 Å². The predicted molar refractivity (Wildman–Crippen MR) is 97.5 cm³/mol. The number of hydrogen-bond acceptors (Lipinski definition) is 3. The molecule has 120 valence electrons. The molecule has 4 N–H and O–H groups in total. The lowest BCUT2D eigenvalue weighted by Gasteiger charge is -2.37. The number of nitrogens with two attached hydrogens (primary N) is 1. The van der Waals surface area contributed by atoms with Gasteiger partial charge in [-0.15, -0.1) is 11.3 Å². The number of rotatable bonds is 5. The molecular weight excluding hydrogens is 304 g/mol. The van der Waals surface area contributed by atoms with Gasteiger partial charge in [-0.25, -0.2) is 0 Å². The van der Waals surface area contributed by atoms with Gasteiger partial charge >= 0.3 is 0 Å². The second-order valence-corrected chi connectivity index (χ2v) is 6.76. The third-order valence-corrected chi connectivity index (χ3v) is 5.07. The lowest BCUT2D eigenvalue weighted by atomic mass is 9.87. The fraction of sp³-hybridized carbons (Fsp3) is 0.278. The first-order chi connectivity index (χ1) is 11.2. The van der Waals surface area contributed by atoms with Gasteiger partial charge in [0.1, 0.15) is 5.66 Å². The van der Waals surface area contributed by atoms with Crippen LogP contribution >= 0.6 is 11.3 Å². The molecular formula is C18H22N4S. The Morgan fingerprint density at radius 2 is 2.04 bits per heavy atom. The average Bonchev–Trinajstić information content (AvgIpc) is 3.08. The molecule has 0 amide bonds. The van der Waals surface area contributed by atoms with Crippen LogP contribution in [0.5, 0.6) is 0 Å². The maximum absolute atomic E-state index is 6.57. The summed E-state index contributed by atoms with van der Waals surface area (Å²) in [5.41, 5.74) is 7.13. The zero-order valence-corrected chi connectivity index (χ0v) is 14.0. The van der Waals surface area contributed by atoms with E-state index < -0.39 is 5.66 Å². The van der Waals surface area contributed by atoms with Gasteiger partial charge in [0.25, 0.3) is 0 Å². The number of hydrogen-bond donors (Lipinski definition) is 3. The van der Waals surface area contributed by atoms with Crippen molar-refractivity contribution in [2.24, 2.45) is 10.7 Å². The summed E-state index contributed by atoms with van der Waals surface area (Å²) in [5.74, 6) is 0.860. The number of guanidine groups is 1. The molecule has 0 spiro atoms. The predicted octanol–water partition coefficient (Wildman–Crippen LogP) is 2.81. The van der Waals surface area contributed by atoms with Gasteiger partial charge in [-0.2, -0.15) is 0 Å². The molecule has 1 aromatic carbocycles. The van der Waals surface area contributed by atoms with E-state index in [0.717, 1.165) is 18.9 Å². The molecule has 3 rings (SSSR count). The molecule has 1 aliphatic heterocycles. The summed E-state index contributed by atoms with van der Waals surface area (Å²) in [6.07, 6.45) is 4.78. The number of nitrogens with zero attached hydrogens (tertiary/aromatic N) is 1. The standard InChI is InChI=1S/C18H22N4S/c1-14(15-6-3-2-4-7-15)18(19)10-12-21-17(22-18)20-11-9-16-8-5-13-23-16/h2-8,10,12-14H,9,11,19H2,1H3,(H2,20,21,22). The van der Waals surface area contributed by atoms with Crippen LogP contribution in [0.15, 0.2) is 65.1 Å². The van der Waals surface area contributed by atoms with E-state index in [2.05, 4.69) is 52.2 Å². The van der Waals surface area contributed by atoms with Crippen LogP contribution in [-0.4, -0.2) is 18.2 Å². The minimum atomic E-state index is -0.644. The third kappa shape index (κ3) is 3.81. The van der Waals surface area contributed by atoms with Crippen molar-refractivity contribution in [1.29, 1.82) is 0 Å². The minimum absolute atomic E-state index is 0.129. The lowest BCUT2D eigenvalue weighted by Crippen LogP contribution is -2.62. The number of nitrogens with one attached hydrogen (secondary N) is 2. The Balaban J connectivity index is 1.67. The molecule has 2 heterocycles. The molecule has 23 heavy (non-hydrogen) atoms. The molecule has 2 aromatic rings. The van der Waals surface area contributed by atoms with Crippen LogP contribution in [0.2, 0.25) is 0 Å². The Kier molecular flexibility index (Phi) is 4.79. The average molecular weight is 326 g/mol. The molecule has 2 atom stereocenters. The van der Waals surface area contributed by atoms with Crippen molar-refractivity contribution >= 4 is 17.3 Å². The van der Waals surface area contributed by atoms with Crippen molar-refractivity contribution in [2.45, 2.75) is 24.9 Å². The van der Waals surface area contributed by atoms with Gasteiger partial charge in [-0.3, -0.25) is 4.99 Å². The monoisotopic (exact) mass is 326 g/mol. The van der Waals surface area contributed by atoms with Gasteiger partial charge in [0.15, 0.2) is 5.96 Å². The molecule has 2 unspecified atom stereocenters. The SMILES string of the molecule is CC(c1ccccc1)C1(N)C=CNC(=NCCc2cccs2)N1. The molecule has 0 saturated heterocycles. The van der Waals surface area contributed by atoms with E-state index in [0.29, 0.717) is 0 Å². The molecule has 4 nitrogen and oxygen atoms in total. The number of thiophene rings is 1. The second-order valence-electron chi connectivity index (χ2n) is 5.73. The summed E-state index contributed by atoms with van der Waals surface area (Å²) in [4.78, 5) is 5.94. The third-order valence-electron chi connectivity index (χ3n) is 4.14. The highest BCUT2D eigenvalue weighted by Crippen LogP contribution is 2.26. The fourth-order valence-electron chi connectivity index (χ4n) is 2.63. The van der Waals surface area contributed by atoms with Gasteiger partial charge < -0.3 is 16.4 Å². The molecule has 0 saturated carbocycles. The molecule has 1 aliphatic rings. The summed E-state index contributed by atoms with van der Waals surface area (Å²) in [5, 5.41) is 8.58. The first kappa shape index (κ1) is 15.8. The van der Waals surface area contributed by atoms with Crippen molar-refractivity contribution in [2.75, 3.05) is 6.54 Å². The van der Waals surface area contributed by atoms with Crippen LogP contribution in [0, 0.1) is 0 Å². The summed E-state index contributed by atoms with van der Waals surface area (Å²) in [7, 11) is 0. The van der Waals surface area contributed by atoms with Crippen LogP contribution in [0.25, 0.3) is 0 Å². The van der Waals surface area contributed by atoms with E-state index >= 15 is 0 Å². The van der Waals surface area contributed by atoms with E-state index in [9.17, 15) is 0 Å². The van der Waals surface area contributed by atoms with Crippen LogP contribution < -0.4 is 16.4 Å². The maximum Gasteiger partial charge on any atom is 0.197 e. The van der Waals surface area contributed by atoms with E-state index in [1.807, 2.05) is 30.5 Å². The molecule has 5 heteroatoms. The fourth-order valence-corrected chi connectivity index (χ4v) is 3.33. The summed E-state index contributed by atoms with van der Waals surface area (Å²) >= 11 is 1.76. The van der Waals surface area contributed by atoms with Crippen molar-refractivity contribution in [1.82, 2.24) is 10.6 Å². The largest absolute Gasteiger partial charge is 0.334 e. The van der Waals surface area contributed by atoms with Crippen LogP contribution in [0.1, 0.15) is 23.3 Å². The lowest BCUT2D eigenvalue weighted by molar-refractivity contribution is 0.403. The topological polar surface area (TPSA) is 62.4 Å². The van der Waals surface area contributed by atoms with Gasteiger partial charge in [-0.05, 0) is 23.1 Å². The van der Waals surface area contributed by atoms with Crippen molar-refractivity contribution < 1.29 is 0 Å². The minimum Gasteiger partial charge on any atom is -0.334 e. The number of benzene rings is 1. The first-order valence-electron chi connectivity index (χ1n) is 7.80. The van der Waals surface area contributed by atoms with E-state index in [1.165, 1.54) is 10.4 Å². The van der Waals surface area contributed by atoms with Crippen molar-refractivity contribution in [3.05, 3.63) is 70.6 Å². The van der Waals surface area contributed by atoms with Crippen molar-refractivity contribution in [3.63, 3.8) is 0 Å². The Bertz CT molecular complexity index is 678. The molecule has 0 radical (unpaired) electrons. The Hall–Kier alpha value is -2.11. The quantitative estimate of drug-likeness (QED) is 0.792. The molecule has 0 fully saturated rings. The number of aliphatic imine (C=N–C) groups is 1. The first-order valence-corrected chi connectivity index (χ1v) is 8.68. The van der Waals surface area contributed by atoms with Crippen LogP contribution in [-0.2, 0) is 6.42 Å². The molecule has 1 aromatic heterocycles. The highest BCUT2D eigenvalue weighted by Gasteiger charge is 2.33. The maximum atomic E-state index is 6.57. The van der Waals surface area contributed by atoms with Gasteiger partial charge in [-0.1, -0.05) is 43.3 Å². The van der Waals surface area contributed by atoms with Gasteiger partial charge in [0.05, 0.1) is 0 Å². The van der Waals surface area contributed by atoms with Gasteiger partial charge in [0, 0.05) is 30.0 Å². The van der Waals surface area contributed by atoms with E-state index in [4.69, 9.17) is 5.73 Å². The van der Waals surface area contributed by atoms with Crippen LogP contribution in [0.3, 0.4) is 0 Å². The summed E-state index contributed by atoms with van der Waals surface area (Å²) < 4.78 is 0. The van der Waals surface area contributed by atoms with E-state index in [1.54, 1.807) is 11.3 Å². The molecule has 0 bridgehead atoms. The smallest absolute Gasteiger partial charge is 0.197 e. The van der Waals surface area contributed by atoms with Gasteiger partial charge in [0.2, 0.25) is 0 Å². The molecule has 0 aliphatic carbocycles. The Labute approximate surface area is 141 Å². The zero-order chi connectivity index (χ0) is 16.1. The highest BCUT2D eigenvalue weighted by atomic mass is 32.1. The second kappa shape index (κ2) is 6.98. The normalized spacial score (nSPS) is 23.3.